The maximum Gasteiger partial charge on any atom is 0.340 e. The number of nitrogens with zero attached hydrogens (tertiary/aromatic N) is 1. The first-order valence-electron chi connectivity index (χ1n) is 9.26. The van der Waals surface area contributed by atoms with Crippen molar-refractivity contribution in [2.24, 2.45) is 0 Å². The first-order chi connectivity index (χ1) is 14.6. The molecule has 1 aliphatic heterocycles. The second kappa shape index (κ2) is 8.87. The Bertz CT molecular complexity index is 1080. The van der Waals surface area contributed by atoms with E-state index in [9.17, 15) is 14.4 Å². The zero-order valence-electron chi connectivity index (χ0n) is 15.9. The molecule has 0 saturated carbocycles. The Labute approximate surface area is 177 Å². The molecule has 8 heteroatoms. The molecular formula is C22H18N2O5S. The largest absolute Gasteiger partial charge is 0.459 e. The van der Waals surface area contributed by atoms with Gasteiger partial charge in [-0.15, -0.1) is 11.8 Å². The molecule has 0 aliphatic carbocycles. The lowest BCUT2D eigenvalue weighted by Crippen LogP contribution is -2.38. The highest BCUT2D eigenvalue weighted by atomic mass is 32.2. The second-order valence-corrected chi connectivity index (χ2v) is 7.55. The predicted molar refractivity (Wildman–Crippen MR) is 113 cm³/mol. The van der Waals surface area contributed by atoms with Crippen LogP contribution in [0.5, 0.6) is 0 Å². The molecule has 0 atom stereocenters. The van der Waals surface area contributed by atoms with Crippen molar-refractivity contribution >= 4 is 40.9 Å². The van der Waals surface area contributed by atoms with Gasteiger partial charge in [0, 0.05) is 17.2 Å². The zero-order valence-corrected chi connectivity index (χ0v) is 16.7. The number of rotatable bonds is 5. The molecule has 3 aromatic rings. The molecule has 2 aromatic carbocycles. The molecule has 0 spiro atoms. The standard InChI is InChI=1S/C22H18N2O5S/c25-20(24-11-13-30-19-10-4-3-8-17(19)24)14-29-22(27)15-6-1-2-7-16(15)23-21(26)18-9-5-12-28-18/h1-10,12H,11,13-14H2,(H,23,26). The van der Waals surface area contributed by atoms with Crippen LogP contribution < -0.4 is 10.2 Å². The molecule has 1 N–H and O–H groups in total. The normalized spacial score (nSPS) is 12.7. The molecule has 0 unspecified atom stereocenters. The highest BCUT2D eigenvalue weighted by molar-refractivity contribution is 7.99. The van der Waals surface area contributed by atoms with E-state index in [-0.39, 0.29) is 22.9 Å². The van der Waals surface area contributed by atoms with Gasteiger partial charge in [-0.05, 0) is 36.4 Å². The van der Waals surface area contributed by atoms with Crippen LogP contribution in [0.25, 0.3) is 0 Å². The Morgan fingerprint density at radius 1 is 1.03 bits per heavy atom. The number of para-hydroxylation sites is 2. The van der Waals surface area contributed by atoms with Crippen LogP contribution in [0.15, 0.2) is 76.2 Å². The minimum Gasteiger partial charge on any atom is -0.459 e. The van der Waals surface area contributed by atoms with Crippen molar-refractivity contribution in [1.82, 2.24) is 0 Å². The third kappa shape index (κ3) is 4.23. The predicted octanol–water partition coefficient (Wildman–Crippen LogP) is 3.83. The summed E-state index contributed by atoms with van der Waals surface area (Å²) in [6.45, 7) is 0.159. The molecule has 0 fully saturated rings. The number of furan rings is 1. The molecule has 2 amide bonds. The second-order valence-electron chi connectivity index (χ2n) is 6.41. The summed E-state index contributed by atoms with van der Waals surface area (Å²) in [6, 6.07) is 17.2. The van der Waals surface area contributed by atoms with E-state index in [1.54, 1.807) is 40.9 Å². The lowest BCUT2D eigenvalue weighted by atomic mass is 10.1. The molecule has 7 nitrogen and oxygen atoms in total. The van der Waals surface area contributed by atoms with Gasteiger partial charge in [-0.2, -0.15) is 0 Å². The number of fused-ring (bicyclic) bond motifs is 1. The number of nitrogens with one attached hydrogen (secondary N) is 1. The van der Waals surface area contributed by atoms with Gasteiger partial charge in [-0.25, -0.2) is 4.79 Å². The van der Waals surface area contributed by atoms with Crippen molar-refractivity contribution in [3.63, 3.8) is 0 Å². The monoisotopic (exact) mass is 422 g/mol. The average Bonchev–Trinajstić information content (AvgIpc) is 3.32. The van der Waals surface area contributed by atoms with Gasteiger partial charge in [-0.3, -0.25) is 9.59 Å². The number of carbonyl (C=O) groups is 3. The number of thioether (sulfide) groups is 1. The van der Waals surface area contributed by atoms with Crippen LogP contribution in [0.4, 0.5) is 11.4 Å². The fourth-order valence-corrected chi connectivity index (χ4v) is 4.07. The summed E-state index contributed by atoms with van der Waals surface area (Å²) in [5.41, 5.74) is 1.25. The molecule has 1 aromatic heterocycles. The van der Waals surface area contributed by atoms with Crippen LogP contribution in [0.1, 0.15) is 20.9 Å². The van der Waals surface area contributed by atoms with Gasteiger partial charge >= 0.3 is 5.97 Å². The van der Waals surface area contributed by atoms with Gasteiger partial charge in [-0.1, -0.05) is 24.3 Å². The molecule has 4 rings (SSSR count). The van der Waals surface area contributed by atoms with E-state index in [0.29, 0.717) is 6.54 Å². The summed E-state index contributed by atoms with van der Waals surface area (Å²) in [7, 11) is 0. The van der Waals surface area contributed by atoms with E-state index < -0.39 is 18.5 Å². The van der Waals surface area contributed by atoms with E-state index in [4.69, 9.17) is 9.15 Å². The Morgan fingerprint density at radius 2 is 1.83 bits per heavy atom. The van der Waals surface area contributed by atoms with E-state index >= 15 is 0 Å². The number of hydrogen-bond acceptors (Lipinski definition) is 6. The van der Waals surface area contributed by atoms with Crippen molar-refractivity contribution in [2.75, 3.05) is 29.1 Å². The number of ether oxygens (including phenoxy) is 1. The Hall–Kier alpha value is -3.52. The summed E-state index contributed by atoms with van der Waals surface area (Å²) >= 11 is 1.69. The first-order valence-corrected chi connectivity index (χ1v) is 10.3. The summed E-state index contributed by atoms with van der Waals surface area (Å²) in [4.78, 5) is 40.1. The van der Waals surface area contributed by atoms with Gasteiger partial charge in [0.05, 0.1) is 23.2 Å². The van der Waals surface area contributed by atoms with Crippen molar-refractivity contribution in [3.8, 4) is 0 Å². The first kappa shape index (κ1) is 19.8. The minimum atomic E-state index is -0.696. The summed E-state index contributed by atoms with van der Waals surface area (Å²) in [5.74, 6) is -0.585. The molecule has 0 radical (unpaired) electrons. The van der Waals surface area contributed by atoms with Crippen molar-refractivity contribution in [1.29, 1.82) is 0 Å². The van der Waals surface area contributed by atoms with E-state index in [0.717, 1.165) is 16.3 Å². The van der Waals surface area contributed by atoms with Gasteiger partial charge in [0.15, 0.2) is 12.4 Å². The van der Waals surface area contributed by atoms with E-state index in [2.05, 4.69) is 5.32 Å². The topological polar surface area (TPSA) is 88.8 Å². The van der Waals surface area contributed by atoms with Crippen LogP contribution in [-0.4, -0.2) is 36.7 Å². The molecule has 0 bridgehead atoms. The van der Waals surface area contributed by atoms with Crippen LogP contribution in [0, 0.1) is 0 Å². The number of esters is 1. The summed E-state index contributed by atoms with van der Waals surface area (Å²) < 4.78 is 10.3. The highest BCUT2D eigenvalue weighted by Gasteiger charge is 2.24. The van der Waals surface area contributed by atoms with Gasteiger partial charge < -0.3 is 19.4 Å². The van der Waals surface area contributed by atoms with E-state index in [1.165, 1.54) is 18.4 Å². The fraction of sp³-hybridized carbons (Fsp3) is 0.136. The molecule has 152 valence electrons. The lowest BCUT2D eigenvalue weighted by Gasteiger charge is -2.28. The maximum absolute atomic E-state index is 12.7. The third-order valence-corrected chi connectivity index (χ3v) is 5.54. The van der Waals surface area contributed by atoms with Crippen LogP contribution in [-0.2, 0) is 9.53 Å². The number of benzene rings is 2. The third-order valence-electron chi connectivity index (χ3n) is 4.50. The fourth-order valence-electron chi connectivity index (χ4n) is 3.07. The van der Waals surface area contributed by atoms with Gasteiger partial charge in [0.2, 0.25) is 0 Å². The lowest BCUT2D eigenvalue weighted by molar-refractivity contribution is -0.121. The van der Waals surface area contributed by atoms with E-state index in [1.807, 2.05) is 24.3 Å². The molecule has 30 heavy (non-hydrogen) atoms. The van der Waals surface area contributed by atoms with Crippen LogP contribution in [0.2, 0.25) is 0 Å². The summed E-state index contributed by atoms with van der Waals surface area (Å²) in [6.07, 6.45) is 1.39. The number of hydrogen-bond donors (Lipinski definition) is 1. The molecule has 2 heterocycles. The average molecular weight is 422 g/mol. The SMILES string of the molecule is O=C(Nc1ccccc1C(=O)OCC(=O)N1CCSc2ccccc21)c1ccco1. The van der Waals surface area contributed by atoms with Crippen molar-refractivity contribution < 1.29 is 23.5 Å². The summed E-state index contributed by atoms with van der Waals surface area (Å²) in [5, 5.41) is 2.63. The molecule has 0 saturated heterocycles. The zero-order chi connectivity index (χ0) is 20.9. The number of anilines is 2. The number of amides is 2. The smallest absolute Gasteiger partial charge is 0.340 e. The van der Waals surface area contributed by atoms with Crippen LogP contribution in [0.3, 0.4) is 0 Å². The molecule has 1 aliphatic rings. The van der Waals surface area contributed by atoms with Crippen molar-refractivity contribution in [2.45, 2.75) is 4.90 Å². The Morgan fingerprint density at radius 3 is 2.67 bits per heavy atom. The van der Waals surface area contributed by atoms with Gasteiger partial charge in [0.1, 0.15) is 0 Å². The Kier molecular flexibility index (Phi) is 5.85. The quantitative estimate of drug-likeness (QED) is 0.629. The highest BCUT2D eigenvalue weighted by Crippen LogP contribution is 2.34. The van der Waals surface area contributed by atoms with Crippen LogP contribution >= 0.6 is 11.8 Å². The maximum atomic E-state index is 12.7. The number of carbonyl (C=O) groups excluding carboxylic acids is 3. The molecular weight excluding hydrogens is 404 g/mol. The van der Waals surface area contributed by atoms with Gasteiger partial charge in [0.25, 0.3) is 11.8 Å². The minimum absolute atomic E-state index is 0.120. The Balaban J connectivity index is 1.43. The van der Waals surface area contributed by atoms with Crippen molar-refractivity contribution in [3.05, 3.63) is 78.3 Å².